The highest BCUT2D eigenvalue weighted by atomic mass is 32.2. The first-order chi connectivity index (χ1) is 14.6. The number of thioether (sulfide) groups is 1. The van der Waals surface area contributed by atoms with Gasteiger partial charge in [-0.3, -0.25) is 9.69 Å². The molecule has 0 unspecified atom stereocenters. The molecule has 4 rings (SSSR count). The maximum atomic E-state index is 12.8. The summed E-state index contributed by atoms with van der Waals surface area (Å²) in [6.07, 6.45) is 4.70. The van der Waals surface area contributed by atoms with Crippen molar-refractivity contribution in [3.05, 3.63) is 71.3 Å². The van der Waals surface area contributed by atoms with Gasteiger partial charge < -0.3 is 4.74 Å². The predicted molar refractivity (Wildman–Crippen MR) is 126 cm³/mol. The summed E-state index contributed by atoms with van der Waals surface area (Å²) in [5.74, 6) is 0.739. The summed E-state index contributed by atoms with van der Waals surface area (Å²) in [5, 5.41) is 4.81. The van der Waals surface area contributed by atoms with Gasteiger partial charge in [-0.15, -0.1) is 0 Å². The second kappa shape index (κ2) is 8.85. The maximum absolute atomic E-state index is 12.8. The van der Waals surface area contributed by atoms with E-state index in [2.05, 4.69) is 0 Å². The number of carbonyl (C=O) groups is 1. The Labute approximate surface area is 185 Å². The summed E-state index contributed by atoms with van der Waals surface area (Å²) in [7, 11) is 1.64. The number of rotatable bonds is 6. The molecule has 0 saturated carbocycles. The van der Waals surface area contributed by atoms with Crippen molar-refractivity contribution < 1.29 is 9.53 Å². The molecule has 30 heavy (non-hydrogen) atoms. The molecule has 0 N–H and O–H groups in total. The zero-order valence-electron chi connectivity index (χ0n) is 16.7. The first-order valence-corrected chi connectivity index (χ1v) is 10.9. The van der Waals surface area contributed by atoms with Crippen molar-refractivity contribution in [2.45, 2.75) is 13.3 Å². The van der Waals surface area contributed by atoms with Gasteiger partial charge in [0.25, 0.3) is 5.91 Å². The molecule has 1 fully saturated rings. The molecule has 1 saturated heterocycles. The second-order valence-electron chi connectivity index (χ2n) is 6.78. The lowest BCUT2D eigenvalue weighted by molar-refractivity contribution is -0.122. The van der Waals surface area contributed by atoms with E-state index in [1.54, 1.807) is 12.0 Å². The van der Waals surface area contributed by atoms with Gasteiger partial charge in [0.1, 0.15) is 10.1 Å². The lowest BCUT2D eigenvalue weighted by Crippen LogP contribution is -2.28. The molecule has 5 nitrogen and oxygen atoms in total. The fourth-order valence-electron chi connectivity index (χ4n) is 3.24. The number of thiocarbonyl (C=S) groups is 1. The third-order valence-electron chi connectivity index (χ3n) is 4.73. The molecule has 1 aliphatic rings. The standard InChI is InChI=1S/C23H21N3O2S2/c1-3-13-25-22(27)20(30-23(25)29)14-17-15-26(18-7-5-4-6-8-18)24-21(17)16-9-11-19(28-2)12-10-16/h4-12,14-15H,3,13H2,1-2H3/b20-14-. The quantitative estimate of drug-likeness (QED) is 0.395. The molecule has 1 amide bonds. The number of ether oxygens (including phenoxy) is 1. The largest absolute Gasteiger partial charge is 0.497 e. The van der Waals surface area contributed by atoms with Crippen LogP contribution >= 0.6 is 24.0 Å². The van der Waals surface area contributed by atoms with Crippen LogP contribution in [-0.4, -0.2) is 38.6 Å². The number of hydrogen-bond donors (Lipinski definition) is 0. The van der Waals surface area contributed by atoms with E-state index in [4.69, 9.17) is 22.1 Å². The van der Waals surface area contributed by atoms with Crippen molar-refractivity contribution in [3.63, 3.8) is 0 Å². The normalized spacial score (nSPS) is 15.3. The molecular weight excluding hydrogens is 414 g/mol. The van der Waals surface area contributed by atoms with Gasteiger partial charge in [-0.25, -0.2) is 4.68 Å². The average molecular weight is 436 g/mol. The summed E-state index contributed by atoms with van der Waals surface area (Å²) in [6.45, 7) is 2.67. The van der Waals surface area contributed by atoms with Crippen LogP contribution in [0.5, 0.6) is 5.75 Å². The summed E-state index contributed by atoms with van der Waals surface area (Å²) in [6, 6.07) is 17.6. The third-order valence-corrected chi connectivity index (χ3v) is 6.11. The molecule has 1 aliphatic heterocycles. The molecule has 0 bridgehead atoms. The maximum Gasteiger partial charge on any atom is 0.266 e. The highest BCUT2D eigenvalue weighted by Crippen LogP contribution is 2.35. The van der Waals surface area contributed by atoms with Gasteiger partial charge in [0.15, 0.2) is 0 Å². The van der Waals surface area contributed by atoms with Crippen LogP contribution in [0.25, 0.3) is 23.0 Å². The van der Waals surface area contributed by atoms with Crippen molar-refractivity contribution in [1.29, 1.82) is 0 Å². The third kappa shape index (κ3) is 4.04. The first kappa shape index (κ1) is 20.4. The monoisotopic (exact) mass is 435 g/mol. The molecule has 0 radical (unpaired) electrons. The van der Waals surface area contributed by atoms with Gasteiger partial charge in [-0.1, -0.05) is 49.1 Å². The second-order valence-corrected chi connectivity index (χ2v) is 8.45. The van der Waals surface area contributed by atoms with Crippen LogP contribution in [0.4, 0.5) is 0 Å². The summed E-state index contributed by atoms with van der Waals surface area (Å²) in [5.41, 5.74) is 3.55. The average Bonchev–Trinajstić information content (AvgIpc) is 3.31. The Hall–Kier alpha value is -2.90. The van der Waals surface area contributed by atoms with Crippen LogP contribution in [0.2, 0.25) is 0 Å². The fourth-order valence-corrected chi connectivity index (χ4v) is 4.54. The number of nitrogens with zero attached hydrogens (tertiary/aromatic N) is 3. The highest BCUT2D eigenvalue weighted by Gasteiger charge is 2.31. The number of para-hydroxylation sites is 1. The van der Waals surface area contributed by atoms with Crippen molar-refractivity contribution in [2.24, 2.45) is 0 Å². The van der Waals surface area contributed by atoms with Crippen LogP contribution in [0, 0.1) is 0 Å². The topological polar surface area (TPSA) is 47.4 Å². The van der Waals surface area contributed by atoms with Gasteiger partial charge in [-0.2, -0.15) is 5.10 Å². The molecule has 3 aromatic rings. The smallest absolute Gasteiger partial charge is 0.266 e. The number of carbonyl (C=O) groups excluding carboxylic acids is 1. The van der Waals surface area contributed by atoms with Gasteiger partial charge in [0.05, 0.1) is 23.4 Å². The fraction of sp³-hybridized carbons (Fsp3) is 0.174. The van der Waals surface area contributed by atoms with Crippen LogP contribution in [0.3, 0.4) is 0 Å². The van der Waals surface area contributed by atoms with E-state index < -0.39 is 0 Å². The Kier molecular flexibility index (Phi) is 6.01. The van der Waals surface area contributed by atoms with Crippen LogP contribution in [0.15, 0.2) is 65.7 Å². The predicted octanol–water partition coefficient (Wildman–Crippen LogP) is 5.16. The molecule has 0 spiro atoms. The van der Waals surface area contributed by atoms with Gasteiger partial charge in [0, 0.05) is 23.9 Å². The Morgan fingerprint density at radius 2 is 1.87 bits per heavy atom. The summed E-state index contributed by atoms with van der Waals surface area (Å²) in [4.78, 5) is 15.1. The van der Waals surface area contributed by atoms with Crippen molar-refractivity contribution in [3.8, 4) is 22.7 Å². The lowest BCUT2D eigenvalue weighted by atomic mass is 10.1. The number of hydrogen-bond acceptors (Lipinski definition) is 5. The lowest BCUT2D eigenvalue weighted by Gasteiger charge is -2.11. The van der Waals surface area contributed by atoms with Crippen molar-refractivity contribution >= 4 is 40.3 Å². The SMILES string of the molecule is CCCN1C(=O)/C(=C/c2cn(-c3ccccc3)nc2-c2ccc(OC)cc2)SC1=S. The minimum absolute atomic E-state index is 0.0417. The summed E-state index contributed by atoms with van der Waals surface area (Å²) < 4.78 is 7.71. The Morgan fingerprint density at radius 1 is 1.13 bits per heavy atom. The first-order valence-electron chi connectivity index (χ1n) is 9.65. The van der Waals surface area contributed by atoms with Crippen molar-refractivity contribution in [1.82, 2.24) is 14.7 Å². The van der Waals surface area contributed by atoms with Crippen LogP contribution < -0.4 is 4.74 Å². The summed E-state index contributed by atoms with van der Waals surface area (Å²) >= 11 is 6.75. The molecule has 2 aromatic carbocycles. The number of amides is 1. The van der Waals surface area contributed by atoms with E-state index in [0.29, 0.717) is 15.8 Å². The minimum Gasteiger partial charge on any atom is -0.497 e. The van der Waals surface area contributed by atoms with Crippen LogP contribution in [0.1, 0.15) is 18.9 Å². The van der Waals surface area contributed by atoms with E-state index in [0.717, 1.165) is 34.7 Å². The van der Waals surface area contributed by atoms with E-state index in [1.807, 2.05) is 78.5 Å². The molecular formula is C23H21N3O2S2. The van der Waals surface area contributed by atoms with Gasteiger partial charge in [-0.05, 0) is 48.9 Å². The minimum atomic E-state index is -0.0417. The Balaban J connectivity index is 1.78. The Bertz CT molecular complexity index is 1110. The van der Waals surface area contributed by atoms with E-state index in [9.17, 15) is 4.79 Å². The van der Waals surface area contributed by atoms with Gasteiger partial charge in [0.2, 0.25) is 0 Å². The number of benzene rings is 2. The van der Waals surface area contributed by atoms with Crippen LogP contribution in [-0.2, 0) is 4.79 Å². The molecule has 1 aromatic heterocycles. The zero-order chi connectivity index (χ0) is 21.1. The number of aromatic nitrogens is 2. The van der Waals surface area contributed by atoms with E-state index >= 15 is 0 Å². The van der Waals surface area contributed by atoms with Gasteiger partial charge >= 0.3 is 0 Å². The molecule has 0 aliphatic carbocycles. The zero-order valence-corrected chi connectivity index (χ0v) is 18.4. The van der Waals surface area contributed by atoms with E-state index in [1.165, 1.54) is 11.8 Å². The highest BCUT2D eigenvalue weighted by molar-refractivity contribution is 8.26. The molecule has 7 heteroatoms. The van der Waals surface area contributed by atoms with E-state index in [-0.39, 0.29) is 5.91 Å². The molecule has 0 atom stereocenters. The van der Waals surface area contributed by atoms with Crippen molar-refractivity contribution in [2.75, 3.05) is 13.7 Å². The Morgan fingerprint density at radius 3 is 2.53 bits per heavy atom. The molecule has 2 heterocycles. The molecule has 152 valence electrons. The number of methoxy groups -OCH3 is 1.